The minimum absolute atomic E-state index is 0.0177. The fourth-order valence-corrected chi connectivity index (χ4v) is 10.7. The summed E-state index contributed by atoms with van der Waals surface area (Å²) in [5, 5.41) is 36.3. The van der Waals surface area contributed by atoms with Crippen LogP contribution >= 0.6 is 0 Å². The summed E-state index contributed by atoms with van der Waals surface area (Å²) < 4.78 is 17.7. The molecule has 7 heteroatoms. The number of likely N-dealkylation sites (tertiary alicyclic amines) is 1. The van der Waals surface area contributed by atoms with E-state index in [9.17, 15) is 15.3 Å². The summed E-state index contributed by atoms with van der Waals surface area (Å²) in [7, 11) is 5.22. The highest BCUT2D eigenvalue weighted by molar-refractivity contribution is 5.35. The molecule has 13 atom stereocenters. The molecule has 6 fully saturated rings. The van der Waals surface area contributed by atoms with Gasteiger partial charge >= 0.3 is 0 Å². The quantitative estimate of drug-likeness (QED) is 0.577. The van der Waals surface area contributed by atoms with Gasteiger partial charge in [-0.2, -0.15) is 0 Å². The monoisotopic (exact) mass is 437 g/mol. The summed E-state index contributed by atoms with van der Waals surface area (Å²) in [6.45, 7) is 4.47. The first-order valence-electron chi connectivity index (χ1n) is 12.2. The fraction of sp³-hybridized carbons (Fsp3) is 1.00. The first-order chi connectivity index (χ1) is 14.9. The largest absolute Gasteiger partial charge is 0.392 e. The molecule has 176 valence electrons. The van der Waals surface area contributed by atoms with E-state index in [1.807, 2.05) is 0 Å². The van der Waals surface area contributed by atoms with E-state index in [1.54, 1.807) is 21.3 Å². The molecule has 0 radical (unpaired) electrons. The van der Waals surface area contributed by atoms with Crippen molar-refractivity contribution in [3.8, 4) is 0 Å². The first kappa shape index (κ1) is 21.3. The van der Waals surface area contributed by atoms with Gasteiger partial charge in [-0.1, -0.05) is 6.92 Å². The third-order valence-corrected chi connectivity index (χ3v) is 11.1. The minimum Gasteiger partial charge on any atom is -0.392 e. The molecule has 5 saturated carbocycles. The molecule has 31 heavy (non-hydrogen) atoms. The summed E-state index contributed by atoms with van der Waals surface area (Å²) in [6, 6.07) is -0.0177. The van der Waals surface area contributed by atoms with Crippen molar-refractivity contribution < 1.29 is 29.5 Å². The van der Waals surface area contributed by atoms with E-state index in [0.717, 1.165) is 32.4 Å². The van der Waals surface area contributed by atoms with E-state index in [1.165, 1.54) is 0 Å². The normalized spacial score (nSPS) is 61.6. The lowest BCUT2D eigenvalue weighted by Gasteiger charge is -2.68. The molecule has 6 rings (SSSR count). The molecule has 7 nitrogen and oxygen atoms in total. The van der Waals surface area contributed by atoms with Gasteiger partial charge in [0.15, 0.2) is 0 Å². The average Bonchev–Trinajstić information content (AvgIpc) is 3.20. The number of ether oxygens (including phenoxy) is 3. The van der Waals surface area contributed by atoms with Crippen molar-refractivity contribution in [3.63, 3.8) is 0 Å². The number of piperidine rings is 1. The molecule has 0 amide bonds. The molecular formula is C24H39NO6. The second-order valence-electron chi connectivity index (χ2n) is 11.6. The SMILES string of the molecule is CCN1CC2(COC)CCC(O)C34C5CC6C(OC)CC(O)(C5C6OC)C(C(O)C23)C14. The molecule has 7 bridgehead atoms. The van der Waals surface area contributed by atoms with Gasteiger partial charge in [0.25, 0.3) is 0 Å². The van der Waals surface area contributed by atoms with Crippen LogP contribution in [0.1, 0.15) is 32.6 Å². The summed E-state index contributed by atoms with van der Waals surface area (Å²) >= 11 is 0. The highest BCUT2D eigenvalue weighted by Crippen LogP contribution is 2.78. The third kappa shape index (κ3) is 2.12. The maximum Gasteiger partial charge on any atom is 0.0796 e. The fourth-order valence-electron chi connectivity index (χ4n) is 10.7. The average molecular weight is 438 g/mol. The Bertz CT molecular complexity index is 752. The number of aliphatic hydroxyl groups excluding tert-OH is 2. The standard InChI is InChI=1S/C24H39NO6/c1-5-25-10-22(11-29-2)7-6-15(26)24-13-8-12-14(30-3)9-23(28,16(13)19(12)31-4)17(21(24)25)18(27)20(22)24/h12-21,26-28H,5-11H2,1-4H3. The topological polar surface area (TPSA) is 91.6 Å². The summed E-state index contributed by atoms with van der Waals surface area (Å²) in [5.41, 5.74) is -1.67. The second kappa shape index (κ2) is 6.65. The number of methoxy groups -OCH3 is 3. The number of rotatable bonds is 5. The van der Waals surface area contributed by atoms with Crippen LogP contribution in [0.3, 0.4) is 0 Å². The van der Waals surface area contributed by atoms with Gasteiger partial charge in [0, 0.05) is 74.8 Å². The molecule has 5 aliphatic carbocycles. The van der Waals surface area contributed by atoms with Crippen LogP contribution in [0.4, 0.5) is 0 Å². The zero-order chi connectivity index (χ0) is 21.9. The molecule has 0 aromatic heterocycles. The molecule has 1 saturated heterocycles. The van der Waals surface area contributed by atoms with Crippen LogP contribution in [0, 0.1) is 40.4 Å². The van der Waals surface area contributed by atoms with Gasteiger partial charge in [-0.25, -0.2) is 0 Å². The molecule has 3 N–H and O–H groups in total. The van der Waals surface area contributed by atoms with Gasteiger partial charge in [0.05, 0.1) is 36.6 Å². The predicted molar refractivity (Wildman–Crippen MR) is 112 cm³/mol. The third-order valence-electron chi connectivity index (χ3n) is 11.1. The minimum atomic E-state index is -1.05. The van der Waals surface area contributed by atoms with Crippen molar-refractivity contribution in [2.45, 2.75) is 68.7 Å². The highest BCUT2D eigenvalue weighted by Gasteiger charge is 2.86. The number of hydrogen-bond donors (Lipinski definition) is 3. The summed E-state index contributed by atoms with van der Waals surface area (Å²) in [4.78, 5) is 2.47. The van der Waals surface area contributed by atoms with Crippen molar-refractivity contribution in [1.82, 2.24) is 4.90 Å². The van der Waals surface area contributed by atoms with Crippen molar-refractivity contribution in [2.24, 2.45) is 40.4 Å². The summed E-state index contributed by atoms with van der Waals surface area (Å²) in [5.74, 6) is -0.104. The van der Waals surface area contributed by atoms with E-state index in [4.69, 9.17) is 14.2 Å². The smallest absolute Gasteiger partial charge is 0.0796 e. The molecule has 13 unspecified atom stereocenters. The van der Waals surface area contributed by atoms with Gasteiger partial charge in [-0.3, -0.25) is 4.90 Å². The maximum atomic E-state index is 12.5. The van der Waals surface area contributed by atoms with Gasteiger partial charge < -0.3 is 29.5 Å². The van der Waals surface area contributed by atoms with Crippen LogP contribution in [0.5, 0.6) is 0 Å². The molecule has 1 heterocycles. The predicted octanol–water partition coefficient (Wildman–Crippen LogP) is 0.502. The van der Waals surface area contributed by atoms with Crippen molar-refractivity contribution in [1.29, 1.82) is 0 Å². The van der Waals surface area contributed by atoms with Crippen LogP contribution in [-0.4, -0.2) is 97.3 Å². The molecular weight excluding hydrogens is 398 g/mol. The van der Waals surface area contributed by atoms with E-state index < -0.39 is 23.2 Å². The number of aliphatic hydroxyl groups is 3. The number of nitrogens with zero attached hydrogens (tertiary/aromatic N) is 1. The van der Waals surface area contributed by atoms with Crippen molar-refractivity contribution in [2.75, 3.05) is 41.0 Å². The molecule has 1 spiro atoms. The lowest BCUT2D eigenvalue weighted by Crippen LogP contribution is -2.76. The lowest BCUT2D eigenvalue weighted by molar-refractivity contribution is -0.274. The van der Waals surface area contributed by atoms with E-state index >= 15 is 0 Å². The zero-order valence-corrected chi connectivity index (χ0v) is 19.2. The lowest BCUT2D eigenvalue weighted by atomic mass is 9.43. The van der Waals surface area contributed by atoms with Crippen molar-refractivity contribution >= 4 is 0 Å². The van der Waals surface area contributed by atoms with Crippen LogP contribution in [-0.2, 0) is 14.2 Å². The van der Waals surface area contributed by atoms with E-state index in [2.05, 4.69) is 11.8 Å². The Hall–Kier alpha value is -0.280. The van der Waals surface area contributed by atoms with E-state index in [0.29, 0.717) is 13.0 Å². The summed E-state index contributed by atoms with van der Waals surface area (Å²) in [6.07, 6.45) is 1.71. The zero-order valence-electron chi connectivity index (χ0n) is 19.2. The van der Waals surface area contributed by atoms with Crippen LogP contribution in [0.2, 0.25) is 0 Å². The van der Waals surface area contributed by atoms with Gasteiger partial charge in [-0.15, -0.1) is 0 Å². The first-order valence-corrected chi connectivity index (χ1v) is 12.2. The Labute approximate surface area is 185 Å². The number of fused-ring (bicyclic) bond motifs is 2. The van der Waals surface area contributed by atoms with Crippen molar-refractivity contribution in [3.05, 3.63) is 0 Å². The highest BCUT2D eigenvalue weighted by atomic mass is 16.5. The van der Waals surface area contributed by atoms with Gasteiger partial charge in [0.1, 0.15) is 0 Å². The number of hydrogen-bond acceptors (Lipinski definition) is 7. The molecule has 1 aliphatic heterocycles. The van der Waals surface area contributed by atoms with E-state index in [-0.39, 0.29) is 53.3 Å². The van der Waals surface area contributed by atoms with Crippen LogP contribution in [0.25, 0.3) is 0 Å². The molecule has 0 aromatic rings. The van der Waals surface area contributed by atoms with Crippen LogP contribution < -0.4 is 0 Å². The Morgan fingerprint density at radius 3 is 2.52 bits per heavy atom. The van der Waals surface area contributed by atoms with Gasteiger partial charge in [0.2, 0.25) is 0 Å². The van der Waals surface area contributed by atoms with Gasteiger partial charge in [-0.05, 0) is 31.7 Å². The Morgan fingerprint density at radius 2 is 1.87 bits per heavy atom. The second-order valence-corrected chi connectivity index (χ2v) is 11.6. The molecule has 0 aromatic carbocycles. The Balaban J connectivity index is 1.61. The molecule has 6 aliphatic rings. The Kier molecular flexibility index (Phi) is 4.56. The maximum absolute atomic E-state index is 12.5. The Morgan fingerprint density at radius 1 is 1.10 bits per heavy atom. The van der Waals surface area contributed by atoms with Crippen LogP contribution in [0.15, 0.2) is 0 Å².